The number of aromatic amines is 1. The summed E-state index contributed by atoms with van der Waals surface area (Å²) in [6.07, 6.45) is 1.84. The normalized spacial score (nSPS) is 28.1. The molecule has 27 heavy (non-hydrogen) atoms. The van der Waals surface area contributed by atoms with E-state index in [0.29, 0.717) is 24.9 Å². The van der Waals surface area contributed by atoms with E-state index in [-0.39, 0.29) is 11.6 Å². The topological polar surface area (TPSA) is 59.5 Å². The van der Waals surface area contributed by atoms with Crippen molar-refractivity contribution >= 4 is 10.9 Å². The maximum absolute atomic E-state index is 14.3. The standard InChI is InChI=1S/C22H23FN2O2/c1-25-9-8-21(14-4-2-5-15(26)10-14)12-19-17(11-22(21,27)13-25)16-6-3-7-18(23)20(16)24-19/h2-7,10,24,26-27H,8-9,11-13H2,1H3. The Hall–Kier alpha value is -2.37. The fourth-order valence-electron chi connectivity index (χ4n) is 5.33. The second-order valence-corrected chi connectivity index (χ2v) is 8.25. The predicted molar refractivity (Wildman–Crippen MR) is 103 cm³/mol. The minimum Gasteiger partial charge on any atom is -0.508 e. The third kappa shape index (κ3) is 2.28. The van der Waals surface area contributed by atoms with Gasteiger partial charge < -0.3 is 20.1 Å². The van der Waals surface area contributed by atoms with E-state index in [4.69, 9.17) is 0 Å². The van der Waals surface area contributed by atoms with Crippen molar-refractivity contribution in [3.05, 3.63) is 65.1 Å². The molecule has 0 spiro atoms. The molecular weight excluding hydrogens is 343 g/mol. The number of piperidine rings is 1. The molecule has 0 saturated carbocycles. The molecule has 2 atom stereocenters. The molecular formula is C22H23FN2O2. The van der Waals surface area contributed by atoms with Gasteiger partial charge in [-0.3, -0.25) is 0 Å². The molecule has 1 aromatic heterocycles. The lowest BCUT2D eigenvalue weighted by Gasteiger charge is -2.55. The lowest BCUT2D eigenvalue weighted by Crippen LogP contribution is -2.65. The van der Waals surface area contributed by atoms with Gasteiger partial charge in [-0.2, -0.15) is 0 Å². The lowest BCUT2D eigenvalue weighted by molar-refractivity contribution is -0.0972. The van der Waals surface area contributed by atoms with Gasteiger partial charge in [0.1, 0.15) is 11.6 Å². The van der Waals surface area contributed by atoms with Crippen molar-refractivity contribution in [3.63, 3.8) is 0 Å². The molecule has 1 fully saturated rings. The summed E-state index contributed by atoms with van der Waals surface area (Å²) in [6.45, 7) is 1.41. The van der Waals surface area contributed by atoms with Gasteiger partial charge in [0.25, 0.3) is 0 Å². The van der Waals surface area contributed by atoms with Crippen molar-refractivity contribution in [2.45, 2.75) is 30.3 Å². The van der Waals surface area contributed by atoms with E-state index in [2.05, 4.69) is 9.88 Å². The largest absolute Gasteiger partial charge is 0.508 e. The van der Waals surface area contributed by atoms with E-state index >= 15 is 0 Å². The van der Waals surface area contributed by atoms with Gasteiger partial charge in [0.05, 0.1) is 11.1 Å². The van der Waals surface area contributed by atoms with Crippen LogP contribution >= 0.6 is 0 Å². The van der Waals surface area contributed by atoms with E-state index in [1.807, 2.05) is 25.2 Å². The van der Waals surface area contributed by atoms with E-state index < -0.39 is 11.0 Å². The van der Waals surface area contributed by atoms with Crippen LogP contribution in [-0.2, 0) is 18.3 Å². The first-order valence-electron chi connectivity index (χ1n) is 9.40. The summed E-state index contributed by atoms with van der Waals surface area (Å²) in [4.78, 5) is 5.45. The Morgan fingerprint density at radius 1 is 1.15 bits per heavy atom. The second kappa shape index (κ2) is 5.57. The van der Waals surface area contributed by atoms with Gasteiger partial charge in [0.2, 0.25) is 0 Å². The van der Waals surface area contributed by atoms with Crippen molar-refractivity contribution < 1.29 is 14.6 Å². The molecule has 2 heterocycles. The van der Waals surface area contributed by atoms with Crippen LogP contribution in [0.3, 0.4) is 0 Å². The summed E-state index contributed by atoms with van der Waals surface area (Å²) in [5, 5.41) is 22.8. The fraction of sp³-hybridized carbons (Fsp3) is 0.364. The number of nitrogens with zero attached hydrogens (tertiary/aromatic N) is 1. The van der Waals surface area contributed by atoms with Crippen molar-refractivity contribution in [1.82, 2.24) is 9.88 Å². The molecule has 1 saturated heterocycles. The Labute approximate surface area is 157 Å². The van der Waals surface area contributed by atoms with E-state index in [9.17, 15) is 14.6 Å². The molecule has 4 nitrogen and oxygen atoms in total. The minimum absolute atomic E-state index is 0.205. The molecule has 1 aliphatic carbocycles. The molecule has 2 aromatic carbocycles. The Morgan fingerprint density at radius 2 is 1.96 bits per heavy atom. The number of likely N-dealkylation sites (N-methyl/N-ethyl adjacent to an activating group) is 1. The number of phenols is 1. The Balaban J connectivity index is 1.74. The average Bonchev–Trinajstić information content (AvgIpc) is 2.97. The molecule has 2 aliphatic rings. The molecule has 3 aromatic rings. The predicted octanol–water partition coefficient (Wildman–Crippen LogP) is 3.12. The number of nitrogens with one attached hydrogen (secondary N) is 1. The summed E-state index contributed by atoms with van der Waals surface area (Å²) in [5.74, 6) is -0.0583. The zero-order valence-electron chi connectivity index (χ0n) is 15.3. The number of rotatable bonds is 1. The number of aromatic nitrogens is 1. The summed E-state index contributed by atoms with van der Waals surface area (Å²) < 4.78 is 14.3. The molecule has 5 rings (SSSR count). The molecule has 0 bridgehead atoms. The minimum atomic E-state index is -0.984. The molecule has 1 aliphatic heterocycles. The van der Waals surface area contributed by atoms with Crippen LogP contribution in [0.25, 0.3) is 10.9 Å². The van der Waals surface area contributed by atoms with Gasteiger partial charge in [0.15, 0.2) is 0 Å². The van der Waals surface area contributed by atoms with Crippen molar-refractivity contribution in [3.8, 4) is 5.75 Å². The summed E-state index contributed by atoms with van der Waals surface area (Å²) >= 11 is 0. The van der Waals surface area contributed by atoms with Crippen molar-refractivity contribution in [2.75, 3.05) is 20.1 Å². The van der Waals surface area contributed by atoms with E-state index in [1.54, 1.807) is 18.2 Å². The van der Waals surface area contributed by atoms with Gasteiger partial charge >= 0.3 is 0 Å². The summed E-state index contributed by atoms with van der Waals surface area (Å²) in [6, 6.07) is 12.4. The number of fused-ring (bicyclic) bond motifs is 4. The van der Waals surface area contributed by atoms with Crippen LogP contribution < -0.4 is 0 Å². The van der Waals surface area contributed by atoms with Crippen LogP contribution in [0.4, 0.5) is 4.39 Å². The molecule has 140 valence electrons. The number of aromatic hydroxyl groups is 1. The van der Waals surface area contributed by atoms with Crippen LogP contribution in [0.15, 0.2) is 42.5 Å². The summed E-state index contributed by atoms with van der Waals surface area (Å²) in [5.41, 5.74) is 1.97. The number of β-amino-alcohol motifs (C(OH)–C–C–N with tert-alkyl or cyclic N) is 1. The number of phenolic OH excluding ortho intramolecular Hbond substituents is 1. The number of halogens is 1. The highest BCUT2D eigenvalue weighted by Crippen LogP contribution is 2.51. The highest BCUT2D eigenvalue weighted by Gasteiger charge is 2.57. The smallest absolute Gasteiger partial charge is 0.147 e. The van der Waals surface area contributed by atoms with Crippen LogP contribution in [0.1, 0.15) is 23.2 Å². The Morgan fingerprint density at radius 3 is 2.78 bits per heavy atom. The third-order valence-corrected chi connectivity index (χ3v) is 6.67. The maximum Gasteiger partial charge on any atom is 0.147 e. The molecule has 0 radical (unpaired) electrons. The van der Waals surface area contributed by atoms with Crippen LogP contribution in [0, 0.1) is 5.82 Å². The summed E-state index contributed by atoms with van der Waals surface area (Å²) in [7, 11) is 2.02. The van der Waals surface area contributed by atoms with Gasteiger partial charge in [-0.05, 0) is 49.3 Å². The van der Waals surface area contributed by atoms with E-state index in [1.165, 1.54) is 6.07 Å². The van der Waals surface area contributed by atoms with Crippen LogP contribution in [0.5, 0.6) is 5.75 Å². The number of aliphatic hydroxyl groups is 1. The first-order valence-corrected chi connectivity index (χ1v) is 9.40. The first kappa shape index (κ1) is 16.8. The molecule has 5 heteroatoms. The van der Waals surface area contributed by atoms with Crippen LogP contribution in [0.2, 0.25) is 0 Å². The Kier molecular flexibility index (Phi) is 3.46. The lowest BCUT2D eigenvalue weighted by atomic mass is 9.56. The van der Waals surface area contributed by atoms with Crippen molar-refractivity contribution in [1.29, 1.82) is 0 Å². The van der Waals surface area contributed by atoms with Crippen molar-refractivity contribution in [2.24, 2.45) is 0 Å². The van der Waals surface area contributed by atoms with Gasteiger partial charge in [-0.25, -0.2) is 4.39 Å². The number of H-pyrrole nitrogens is 1. The number of hydrogen-bond acceptors (Lipinski definition) is 3. The Bertz CT molecular complexity index is 1050. The highest BCUT2D eigenvalue weighted by molar-refractivity contribution is 5.86. The quantitative estimate of drug-likeness (QED) is 0.620. The molecule has 0 amide bonds. The number of hydrogen-bond donors (Lipinski definition) is 3. The maximum atomic E-state index is 14.3. The van der Waals surface area contributed by atoms with E-state index in [0.717, 1.165) is 35.2 Å². The molecule has 2 unspecified atom stereocenters. The fourth-order valence-corrected chi connectivity index (χ4v) is 5.33. The monoisotopic (exact) mass is 366 g/mol. The number of likely N-dealkylation sites (tertiary alicyclic amines) is 1. The van der Waals surface area contributed by atoms with Gasteiger partial charge in [-0.1, -0.05) is 24.3 Å². The van der Waals surface area contributed by atoms with Crippen LogP contribution in [-0.4, -0.2) is 45.8 Å². The number of para-hydroxylation sites is 1. The average molecular weight is 366 g/mol. The highest BCUT2D eigenvalue weighted by atomic mass is 19.1. The first-order chi connectivity index (χ1) is 12.9. The SMILES string of the molecule is CN1CCC2(c3cccc(O)c3)Cc3[nH]c4c(F)cccc4c3CC2(O)C1. The second-order valence-electron chi connectivity index (χ2n) is 8.25. The van der Waals surface area contributed by atoms with Gasteiger partial charge in [0, 0.05) is 35.9 Å². The molecule has 3 N–H and O–H groups in total. The zero-order chi connectivity index (χ0) is 18.8. The zero-order valence-corrected chi connectivity index (χ0v) is 15.3. The third-order valence-electron chi connectivity index (χ3n) is 6.67. The number of benzene rings is 2. The van der Waals surface area contributed by atoms with Gasteiger partial charge in [-0.15, -0.1) is 0 Å².